The molecule has 0 aliphatic heterocycles. The topological polar surface area (TPSA) is 131 Å². The summed E-state index contributed by atoms with van der Waals surface area (Å²) in [5.41, 5.74) is 2.44. The number of aliphatic hydroxyl groups is 1. The van der Waals surface area contributed by atoms with Gasteiger partial charge in [-0.2, -0.15) is 0 Å². The summed E-state index contributed by atoms with van der Waals surface area (Å²) in [4.78, 5) is 18.8. The lowest BCUT2D eigenvalue weighted by Crippen LogP contribution is -2.27. The number of azo groups is 2. The highest BCUT2D eigenvalue weighted by molar-refractivity contribution is 7.30. The Morgan fingerprint density at radius 1 is 0.956 bits per heavy atom. The van der Waals surface area contributed by atoms with E-state index in [1.807, 2.05) is 61.5 Å². The number of fused-ring (bicyclic) bond motifs is 1. The van der Waals surface area contributed by atoms with Crippen LogP contribution in [0.15, 0.2) is 100 Å². The number of carbonyl (C=O) groups is 1. The van der Waals surface area contributed by atoms with Crippen LogP contribution in [0.3, 0.4) is 0 Å². The van der Waals surface area contributed by atoms with Crippen LogP contribution in [0.5, 0.6) is 5.75 Å². The molecular weight excluding hydrogens is 613 g/mol. The molecule has 1 atom stereocenters. The van der Waals surface area contributed by atoms with Crippen molar-refractivity contribution in [2.75, 3.05) is 37.8 Å². The second-order valence-electron chi connectivity index (χ2n) is 9.52. The largest absolute Gasteiger partial charge is 0.494 e. The summed E-state index contributed by atoms with van der Waals surface area (Å²) in [5, 5.41) is 28.0. The lowest BCUT2D eigenvalue weighted by atomic mass is 10.2. The first kappa shape index (κ1) is 33.6. The Balaban J connectivity index is 1.22. The van der Waals surface area contributed by atoms with Crippen molar-refractivity contribution in [2.45, 2.75) is 32.5 Å². The SMILES string of the molecule is C=CC(=O)OCCN(CC)c1ccc(N=Nc2nc3sc(N=Nc4ccc(OCCCCCO[C@H](O)C=C)cc4)cc3s2)cc1. The molecule has 0 fully saturated rings. The zero-order chi connectivity index (χ0) is 31.9. The van der Waals surface area contributed by atoms with Gasteiger partial charge in [0.2, 0.25) is 5.13 Å². The highest BCUT2D eigenvalue weighted by atomic mass is 32.1. The van der Waals surface area contributed by atoms with Gasteiger partial charge in [0.15, 0.2) is 6.29 Å². The molecule has 2 aromatic carbocycles. The summed E-state index contributed by atoms with van der Waals surface area (Å²) < 4.78 is 17.0. The van der Waals surface area contributed by atoms with E-state index in [1.165, 1.54) is 28.7 Å². The lowest BCUT2D eigenvalue weighted by molar-refractivity contribution is -0.137. The highest BCUT2D eigenvalue weighted by Crippen LogP contribution is 2.39. The van der Waals surface area contributed by atoms with Crippen LogP contribution in [0, 0.1) is 0 Å². The van der Waals surface area contributed by atoms with Crippen molar-refractivity contribution in [1.29, 1.82) is 0 Å². The quantitative estimate of drug-likeness (QED) is 0.0268. The van der Waals surface area contributed by atoms with Gasteiger partial charge < -0.3 is 24.2 Å². The van der Waals surface area contributed by atoms with Crippen LogP contribution in [0.2, 0.25) is 0 Å². The maximum absolute atomic E-state index is 11.3. The van der Waals surface area contributed by atoms with Crippen LogP contribution in [0.25, 0.3) is 9.53 Å². The van der Waals surface area contributed by atoms with Gasteiger partial charge in [-0.05, 0) is 86.9 Å². The average molecular weight is 649 g/mol. The number of hydrogen-bond acceptors (Lipinski definition) is 13. The molecule has 0 aliphatic rings. The van der Waals surface area contributed by atoms with Crippen molar-refractivity contribution in [3.8, 4) is 5.75 Å². The van der Waals surface area contributed by atoms with E-state index in [2.05, 4.69) is 43.5 Å². The predicted octanol–water partition coefficient (Wildman–Crippen LogP) is 8.81. The van der Waals surface area contributed by atoms with Gasteiger partial charge in [0.1, 0.15) is 22.2 Å². The number of hydrogen-bond donors (Lipinski definition) is 1. The minimum absolute atomic E-state index is 0.288. The minimum atomic E-state index is -0.897. The number of likely N-dealkylation sites (N-methyl/N-ethyl adjacent to an activating group) is 1. The second-order valence-corrected chi connectivity index (χ2v) is 11.5. The van der Waals surface area contributed by atoms with Gasteiger partial charge in [0, 0.05) is 18.3 Å². The first-order chi connectivity index (χ1) is 22.0. The summed E-state index contributed by atoms with van der Waals surface area (Å²) in [6, 6.07) is 17.1. The van der Waals surface area contributed by atoms with Crippen LogP contribution in [0.1, 0.15) is 26.2 Å². The van der Waals surface area contributed by atoms with Gasteiger partial charge in [-0.3, -0.25) is 0 Å². The average Bonchev–Trinajstić information content (AvgIpc) is 3.63. The van der Waals surface area contributed by atoms with E-state index in [1.54, 1.807) is 0 Å². The molecule has 4 aromatic rings. The molecule has 13 heteroatoms. The summed E-state index contributed by atoms with van der Waals surface area (Å²) >= 11 is 2.89. The third-order valence-corrected chi connectivity index (χ3v) is 8.26. The third-order valence-electron chi connectivity index (χ3n) is 6.33. The monoisotopic (exact) mass is 648 g/mol. The number of anilines is 1. The fraction of sp³-hybridized carbons (Fsp3) is 0.312. The van der Waals surface area contributed by atoms with Gasteiger partial charge in [-0.15, -0.1) is 20.5 Å². The summed E-state index contributed by atoms with van der Waals surface area (Å²) in [5.74, 6) is 0.351. The first-order valence-corrected chi connectivity index (χ1v) is 16.1. The standard InChI is InChI=1S/C32H36N6O5S2/c1-4-29(39)42-20-9-7-8-19-41-26-16-12-24(13-17-26)34-36-28-22-27-31(45-28)33-32(44-27)37-35-23-10-14-25(15-11-23)38(6-3)18-21-43-30(40)5-2/h4-5,10-17,22,29,39H,1-2,6-9,18-21H2,3H3/t29-/m0/s1. The predicted molar refractivity (Wildman–Crippen MR) is 179 cm³/mol. The third kappa shape index (κ3) is 11.0. The zero-order valence-electron chi connectivity index (χ0n) is 25.1. The Kier molecular flexibility index (Phi) is 13.3. The molecule has 0 unspecified atom stereocenters. The summed E-state index contributed by atoms with van der Waals surface area (Å²) in [6.45, 7) is 11.7. The Morgan fingerprint density at radius 2 is 1.67 bits per heavy atom. The van der Waals surface area contributed by atoms with Crippen LogP contribution in [-0.2, 0) is 14.3 Å². The highest BCUT2D eigenvalue weighted by Gasteiger charge is 2.09. The van der Waals surface area contributed by atoms with E-state index < -0.39 is 12.3 Å². The van der Waals surface area contributed by atoms with Crippen molar-refractivity contribution < 1.29 is 24.1 Å². The molecule has 45 heavy (non-hydrogen) atoms. The molecule has 11 nitrogen and oxygen atoms in total. The van der Waals surface area contributed by atoms with Crippen molar-refractivity contribution in [3.63, 3.8) is 0 Å². The normalized spacial score (nSPS) is 12.1. The Labute approximate surface area is 270 Å². The lowest BCUT2D eigenvalue weighted by Gasteiger charge is -2.22. The van der Waals surface area contributed by atoms with Gasteiger partial charge in [0.05, 0.1) is 35.8 Å². The minimum Gasteiger partial charge on any atom is -0.494 e. The number of nitrogens with zero attached hydrogens (tertiary/aromatic N) is 6. The number of thiophene rings is 1. The molecule has 4 rings (SSSR count). The number of aromatic nitrogens is 1. The smallest absolute Gasteiger partial charge is 0.330 e. The molecular formula is C32H36N6O5S2. The van der Waals surface area contributed by atoms with Crippen LogP contribution in [-0.4, -0.2) is 55.3 Å². The van der Waals surface area contributed by atoms with Crippen LogP contribution >= 0.6 is 22.7 Å². The van der Waals surface area contributed by atoms with Gasteiger partial charge in [-0.1, -0.05) is 35.8 Å². The van der Waals surface area contributed by atoms with Crippen molar-refractivity contribution in [2.24, 2.45) is 20.5 Å². The number of carbonyl (C=O) groups excluding carboxylic acids is 1. The number of esters is 1. The van der Waals surface area contributed by atoms with Crippen molar-refractivity contribution in [3.05, 3.63) is 79.9 Å². The summed E-state index contributed by atoms with van der Waals surface area (Å²) in [7, 11) is 0. The maximum Gasteiger partial charge on any atom is 0.330 e. The number of aliphatic hydroxyl groups excluding tert-OH is 1. The van der Waals surface area contributed by atoms with E-state index in [0.29, 0.717) is 30.6 Å². The summed E-state index contributed by atoms with van der Waals surface area (Å²) in [6.07, 6.45) is 4.31. The molecule has 2 heterocycles. The first-order valence-electron chi connectivity index (χ1n) is 14.5. The molecule has 236 valence electrons. The van der Waals surface area contributed by atoms with Crippen LogP contribution in [0.4, 0.5) is 27.2 Å². The number of ether oxygens (including phenoxy) is 3. The molecule has 2 aromatic heterocycles. The van der Waals surface area contributed by atoms with Gasteiger partial charge in [0.25, 0.3) is 0 Å². The molecule has 0 amide bonds. The van der Waals surface area contributed by atoms with Gasteiger partial charge >= 0.3 is 5.97 Å². The fourth-order valence-corrected chi connectivity index (χ4v) is 5.83. The Bertz CT molecular complexity index is 1550. The van der Waals surface area contributed by atoms with E-state index >= 15 is 0 Å². The van der Waals surface area contributed by atoms with E-state index in [0.717, 1.165) is 63.5 Å². The van der Waals surface area contributed by atoms with Crippen LogP contribution < -0.4 is 9.64 Å². The Hall–Kier alpha value is -4.30. The Morgan fingerprint density at radius 3 is 2.36 bits per heavy atom. The number of rotatable bonds is 19. The molecule has 0 saturated heterocycles. The van der Waals surface area contributed by atoms with E-state index in [4.69, 9.17) is 14.2 Å². The molecule has 0 radical (unpaired) electrons. The molecule has 1 N–H and O–H groups in total. The maximum atomic E-state index is 11.3. The molecule has 0 aliphatic carbocycles. The zero-order valence-corrected chi connectivity index (χ0v) is 26.7. The van der Waals surface area contributed by atoms with E-state index in [-0.39, 0.29) is 6.61 Å². The molecule has 0 saturated carbocycles. The van der Waals surface area contributed by atoms with E-state index in [9.17, 15) is 9.90 Å². The second kappa shape index (κ2) is 17.9. The number of unbranched alkanes of at least 4 members (excludes halogenated alkanes) is 2. The number of benzene rings is 2. The number of thiazole rings is 1. The fourth-order valence-electron chi connectivity index (χ4n) is 3.98. The molecule has 0 bridgehead atoms. The van der Waals surface area contributed by atoms with Crippen molar-refractivity contribution in [1.82, 2.24) is 4.98 Å². The van der Waals surface area contributed by atoms with Gasteiger partial charge in [-0.25, -0.2) is 9.78 Å². The van der Waals surface area contributed by atoms with Crippen molar-refractivity contribution >= 4 is 65.4 Å². The molecule has 0 spiro atoms.